The van der Waals surface area contributed by atoms with Gasteiger partial charge in [-0.2, -0.15) is 0 Å². The van der Waals surface area contributed by atoms with E-state index in [9.17, 15) is 0 Å². The van der Waals surface area contributed by atoms with E-state index in [1.807, 2.05) is 30.3 Å². The van der Waals surface area contributed by atoms with Crippen molar-refractivity contribution >= 4 is 0 Å². The Labute approximate surface area is 101 Å². The van der Waals surface area contributed by atoms with Crippen molar-refractivity contribution in [3.63, 3.8) is 0 Å². The number of epoxide rings is 1. The third kappa shape index (κ3) is 4.44. The van der Waals surface area contributed by atoms with Crippen molar-refractivity contribution in [1.29, 1.82) is 0 Å². The van der Waals surface area contributed by atoms with Gasteiger partial charge in [-0.3, -0.25) is 0 Å². The second-order valence-electron chi connectivity index (χ2n) is 3.99. The van der Waals surface area contributed by atoms with Crippen molar-refractivity contribution in [2.45, 2.75) is 12.2 Å². The zero-order valence-corrected chi connectivity index (χ0v) is 9.75. The Kier molecular flexibility index (Phi) is 4.94. The van der Waals surface area contributed by atoms with Gasteiger partial charge in [-0.15, -0.1) is 0 Å². The molecule has 4 heteroatoms. The number of hydrogen-bond donors (Lipinski definition) is 1. The van der Waals surface area contributed by atoms with Gasteiger partial charge in [0.2, 0.25) is 0 Å². The first-order valence-electron chi connectivity index (χ1n) is 5.87. The molecule has 0 amide bonds. The Morgan fingerprint density at radius 1 is 1.35 bits per heavy atom. The van der Waals surface area contributed by atoms with Crippen molar-refractivity contribution in [3.05, 3.63) is 35.9 Å². The van der Waals surface area contributed by atoms with E-state index >= 15 is 0 Å². The van der Waals surface area contributed by atoms with E-state index in [2.05, 4.69) is 0 Å². The van der Waals surface area contributed by atoms with Gasteiger partial charge in [0.1, 0.15) is 12.2 Å². The summed E-state index contributed by atoms with van der Waals surface area (Å²) >= 11 is 0. The summed E-state index contributed by atoms with van der Waals surface area (Å²) in [5.41, 5.74) is 1.09. The van der Waals surface area contributed by atoms with Crippen molar-refractivity contribution < 1.29 is 19.3 Å². The summed E-state index contributed by atoms with van der Waals surface area (Å²) in [6.07, 6.45) is 0.158. The molecule has 1 saturated heterocycles. The molecule has 0 aromatic heterocycles. The summed E-state index contributed by atoms with van der Waals surface area (Å²) in [5.74, 6) is 0. The summed E-state index contributed by atoms with van der Waals surface area (Å²) in [6.45, 7) is 2.22. The highest BCUT2D eigenvalue weighted by Crippen LogP contribution is 2.20. The molecule has 0 saturated carbocycles. The fourth-order valence-electron chi connectivity index (χ4n) is 1.55. The third-order valence-electron chi connectivity index (χ3n) is 2.56. The zero-order valence-electron chi connectivity index (χ0n) is 9.75. The predicted molar refractivity (Wildman–Crippen MR) is 62.8 cm³/mol. The van der Waals surface area contributed by atoms with Crippen LogP contribution in [0.1, 0.15) is 11.7 Å². The van der Waals surface area contributed by atoms with Gasteiger partial charge in [0, 0.05) is 0 Å². The zero-order chi connectivity index (χ0) is 11.9. The number of aliphatic hydroxyl groups is 1. The van der Waals surface area contributed by atoms with E-state index in [0.717, 1.165) is 12.2 Å². The summed E-state index contributed by atoms with van der Waals surface area (Å²) in [5, 5.41) is 8.69. The Bertz CT molecular complexity index is 310. The fraction of sp³-hybridized carbons (Fsp3) is 0.538. The lowest BCUT2D eigenvalue weighted by molar-refractivity contribution is -0.0295. The summed E-state index contributed by atoms with van der Waals surface area (Å²) in [6, 6.07) is 9.96. The van der Waals surface area contributed by atoms with Crippen molar-refractivity contribution in [2.24, 2.45) is 0 Å². The molecule has 0 bridgehead atoms. The average Bonchev–Trinajstić information content (AvgIpc) is 3.19. The Balaban J connectivity index is 1.85. The van der Waals surface area contributed by atoms with Crippen LogP contribution < -0.4 is 0 Å². The van der Waals surface area contributed by atoms with Gasteiger partial charge in [0.05, 0.1) is 33.0 Å². The minimum Gasteiger partial charge on any atom is -0.394 e. The molecule has 1 aliphatic rings. The van der Waals surface area contributed by atoms with Crippen LogP contribution >= 0.6 is 0 Å². The van der Waals surface area contributed by atoms with Gasteiger partial charge >= 0.3 is 0 Å². The molecule has 2 unspecified atom stereocenters. The van der Waals surface area contributed by atoms with Gasteiger partial charge in [-0.1, -0.05) is 30.3 Å². The lowest BCUT2D eigenvalue weighted by atomic mass is 10.1. The first-order chi connectivity index (χ1) is 8.40. The maximum absolute atomic E-state index is 8.69. The van der Waals surface area contributed by atoms with Crippen LogP contribution in [0.5, 0.6) is 0 Å². The number of benzene rings is 1. The second kappa shape index (κ2) is 6.71. The predicted octanol–water partition coefficient (Wildman–Crippen LogP) is 1.15. The van der Waals surface area contributed by atoms with Crippen LogP contribution in [-0.2, 0) is 14.2 Å². The van der Waals surface area contributed by atoms with Crippen molar-refractivity contribution in [2.75, 3.05) is 33.0 Å². The average molecular weight is 238 g/mol. The topological polar surface area (TPSA) is 51.2 Å². The number of aliphatic hydroxyl groups excluding tert-OH is 1. The van der Waals surface area contributed by atoms with Gasteiger partial charge in [-0.25, -0.2) is 0 Å². The highest BCUT2D eigenvalue weighted by atomic mass is 16.6. The van der Waals surface area contributed by atoms with E-state index in [0.29, 0.717) is 19.8 Å². The molecule has 1 fully saturated rings. The molecule has 2 rings (SSSR count). The quantitative estimate of drug-likeness (QED) is 0.545. The van der Waals surface area contributed by atoms with Crippen LogP contribution in [0, 0.1) is 0 Å². The molecule has 1 heterocycles. The van der Waals surface area contributed by atoms with Crippen molar-refractivity contribution in [1.82, 2.24) is 0 Å². The first-order valence-corrected chi connectivity index (χ1v) is 5.87. The molecule has 17 heavy (non-hydrogen) atoms. The van der Waals surface area contributed by atoms with Crippen LogP contribution in [0.15, 0.2) is 30.3 Å². The standard InChI is InChI=1S/C13H18O4/c14-6-7-15-10-13(17-9-12-8-16-12)11-4-2-1-3-5-11/h1-5,12-14H,6-10H2. The highest BCUT2D eigenvalue weighted by molar-refractivity contribution is 5.17. The largest absolute Gasteiger partial charge is 0.394 e. The van der Waals surface area contributed by atoms with E-state index in [1.165, 1.54) is 0 Å². The van der Waals surface area contributed by atoms with Crippen LogP contribution in [0.3, 0.4) is 0 Å². The molecule has 0 radical (unpaired) electrons. The monoisotopic (exact) mass is 238 g/mol. The SMILES string of the molecule is OCCOCC(OCC1CO1)c1ccccc1. The molecule has 2 atom stereocenters. The van der Waals surface area contributed by atoms with Gasteiger partial charge in [0.15, 0.2) is 0 Å². The van der Waals surface area contributed by atoms with Crippen LogP contribution in [0.25, 0.3) is 0 Å². The molecule has 0 aliphatic carbocycles. The van der Waals surface area contributed by atoms with Crippen LogP contribution in [0.4, 0.5) is 0 Å². The minimum absolute atomic E-state index is 0.0350. The summed E-state index contributed by atoms with van der Waals surface area (Å²) in [7, 11) is 0. The third-order valence-corrected chi connectivity index (χ3v) is 2.56. The molecule has 1 aromatic carbocycles. The van der Waals surface area contributed by atoms with E-state index in [4.69, 9.17) is 19.3 Å². The van der Waals surface area contributed by atoms with Gasteiger partial charge < -0.3 is 19.3 Å². The highest BCUT2D eigenvalue weighted by Gasteiger charge is 2.24. The first kappa shape index (κ1) is 12.5. The maximum atomic E-state index is 8.69. The number of ether oxygens (including phenoxy) is 3. The molecule has 0 spiro atoms. The number of hydrogen-bond acceptors (Lipinski definition) is 4. The lowest BCUT2D eigenvalue weighted by Gasteiger charge is -2.17. The normalized spacial score (nSPS) is 20.2. The Morgan fingerprint density at radius 3 is 2.76 bits per heavy atom. The van der Waals surface area contributed by atoms with Crippen molar-refractivity contribution in [3.8, 4) is 0 Å². The molecular formula is C13H18O4. The van der Waals surface area contributed by atoms with E-state index in [1.54, 1.807) is 0 Å². The van der Waals surface area contributed by atoms with E-state index < -0.39 is 0 Å². The molecule has 1 aliphatic heterocycles. The summed E-state index contributed by atoms with van der Waals surface area (Å²) < 4.78 is 16.2. The Hall–Kier alpha value is -0.940. The fourth-order valence-corrected chi connectivity index (χ4v) is 1.55. The summed E-state index contributed by atoms with van der Waals surface area (Å²) in [4.78, 5) is 0. The molecule has 4 nitrogen and oxygen atoms in total. The molecule has 94 valence electrons. The molecule has 1 aromatic rings. The number of rotatable bonds is 8. The maximum Gasteiger partial charge on any atom is 0.106 e. The van der Waals surface area contributed by atoms with Crippen LogP contribution in [0.2, 0.25) is 0 Å². The van der Waals surface area contributed by atoms with Gasteiger partial charge in [0.25, 0.3) is 0 Å². The van der Waals surface area contributed by atoms with Crippen LogP contribution in [-0.4, -0.2) is 44.2 Å². The smallest absolute Gasteiger partial charge is 0.106 e. The molecular weight excluding hydrogens is 220 g/mol. The van der Waals surface area contributed by atoms with E-state index in [-0.39, 0.29) is 18.8 Å². The lowest BCUT2D eigenvalue weighted by Crippen LogP contribution is -2.16. The second-order valence-corrected chi connectivity index (χ2v) is 3.99. The Morgan fingerprint density at radius 2 is 2.12 bits per heavy atom. The molecule has 1 N–H and O–H groups in total. The van der Waals surface area contributed by atoms with Gasteiger partial charge in [-0.05, 0) is 5.56 Å². The minimum atomic E-state index is -0.0908.